The summed E-state index contributed by atoms with van der Waals surface area (Å²) in [6.45, 7) is 1.97. The molecular weight excluding hydrogens is 350 g/mol. The highest BCUT2D eigenvalue weighted by atomic mass is 15.2. The Morgan fingerprint density at radius 3 is 2.68 bits per heavy atom. The predicted molar refractivity (Wildman–Crippen MR) is 107 cm³/mol. The summed E-state index contributed by atoms with van der Waals surface area (Å²) in [5, 5.41) is 11.8. The summed E-state index contributed by atoms with van der Waals surface area (Å²) in [4.78, 5) is 14.0. The Bertz CT molecular complexity index is 1300. The SMILES string of the molecule is Cc1cccc(-c2n[nH]cc2-c2ccc3ncc(-c4ccn(C)n4)cc3n2)n1. The molecule has 7 nitrogen and oxygen atoms in total. The summed E-state index contributed by atoms with van der Waals surface area (Å²) in [6.07, 6.45) is 5.59. The largest absolute Gasteiger partial charge is 0.284 e. The van der Waals surface area contributed by atoms with Crippen molar-refractivity contribution < 1.29 is 0 Å². The van der Waals surface area contributed by atoms with E-state index in [4.69, 9.17) is 4.98 Å². The zero-order valence-electron chi connectivity index (χ0n) is 15.5. The van der Waals surface area contributed by atoms with Crippen molar-refractivity contribution in [2.45, 2.75) is 6.92 Å². The summed E-state index contributed by atoms with van der Waals surface area (Å²) < 4.78 is 1.77. The number of aromatic nitrogens is 7. The summed E-state index contributed by atoms with van der Waals surface area (Å²) in [6, 6.07) is 13.8. The summed E-state index contributed by atoms with van der Waals surface area (Å²) in [5.74, 6) is 0. The topological polar surface area (TPSA) is 85.2 Å². The molecule has 0 radical (unpaired) electrons. The Morgan fingerprint density at radius 2 is 1.86 bits per heavy atom. The maximum absolute atomic E-state index is 4.83. The van der Waals surface area contributed by atoms with Crippen LogP contribution in [0.1, 0.15) is 5.69 Å². The molecule has 0 atom stereocenters. The Labute approximate surface area is 161 Å². The second kappa shape index (κ2) is 6.38. The lowest BCUT2D eigenvalue weighted by molar-refractivity contribution is 0.771. The number of nitrogens with zero attached hydrogens (tertiary/aromatic N) is 6. The third kappa shape index (κ3) is 2.83. The molecule has 5 aromatic rings. The van der Waals surface area contributed by atoms with Crippen LogP contribution in [0.3, 0.4) is 0 Å². The number of pyridine rings is 3. The van der Waals surface area contributed by atoms with Gasteiger partial charge in [0.15, 0.2) is 0 Å². The minimum absolute atomic E-state index is 0.782. The summed E-state index contributed by atoms with van der Waals surface area (Å²) >= 11 is 0. The maximum atomic E-state index is 4.83. The smallest absolute Gasteiger partial charge is 0.120 e. The van der Waals surface area contributed by atoms with Gasteiger partial charge in [-0.3, -0.25) is 19.7 Å². The maximum Gasteiger partial charge on any atom is 0.120 e. The number of aryl methyl sites for hydroxylation is 2. The van der Waals surface area contributed by atoms with Gasteiger partial charge in [0, 0.05) is 42.5 Å². The molecule has 0 spiro atoms. The molecule has 0 saturated carbocycles. The number of fused-ring (bicyclic) bond motifs is 1. The Hall–Kier alpha value is -3.87. The van der Waals surface area contributed by atoms with Gasteiger partial charge in [0.25, 0.3) is 0 Å². The van der Waals surface area contributed by atoms with Gasteiger partial charge in [-0.25, -0.2) is 4.98 Å². The normalized spacial score (nSPS) is 11.2. The van der Waals surface area contributed by atoms with Gasteiger partial charge in [-0.05, 0) is 43.3 Å². The number of rotatable bonds is 3. The molecule has 5 aromatic heterocycles. The van der Waals surface area contributed by atoms with E-state index in [2.05, 4.69) is 25.3 Å². The van der Waals surface area contributed by atoms with E-state index in [1.54, 1.807) is 4.68 Å². The molecule has 0 fully saturated rings. The number of aromatic amines is 1. The lowest BCUT2D eigenvalue weighted by Crippen LogP contribution is -1.92. The molecule has 5 rings (SSSR count). The van der Waals surface area contributed by atoms with E-state index >= 15 is 0 Å². The van der Waals surface area contributed by atoms with Crippen molar-refractivity contribution in [3.8, 4) is 33.9 Å². The second-order valence-corrected chi connectivity index (χ2v) is 6.65. The van der Waals surface area contributed by atoms with Gasteiger partial charge in [-0.15, -0.1) is 0 Å². The number of hydrogen-bond acceptors (Lipinski definition) is 5. The number of hydrogen-bond donors (Lipinski definition) is 1. The monoisotopic (exact) mass is 367 g/mol. The fourth-order valence-electron chi connectivity index (χ4n) is 3.22. The van der Waals surface area contributed by atoms with Gasteiger partial charge in [-0.1, -0.05) is 6.07 Å². The highest BCUT2D eigenvalue weighted by Gasteiger charge is 2.14. The summed E-state index contributed by atoms with van der Waals surface area (Å²) in [7, 11) is 1.90. The van der Waals surface area contributed by atoms with Crippen LogP contribution in [-0.4, -0.2) is 34.9 Å². The predicted octanol–water partition coefficient (Wildman–Crippen LogP) is 3.79. The molecule has 0 unspecified atom stereocenters. The third-order valence-corrected chi connectivity index (χ3v) is 4.59. The quantitative estimate of drug-likeness (QED) is 0.524. The highest BCUT2D eigenvalue weighted by Crippen LogP contribution is 2.29. The van der Waals surface area contributed by atoms with Gasteiger partial charge >= 0.3 is 0 Å². The zero-order valence-corrected chi connectivity index (χ0v) is 15.5. The van der Waals surface area contributed by atoms with Crippen LogP contribution in [0, 0.1) is 6.92 Å². The molecular formula is C21H17N7. The minimum atomic E-state index is 0.782. The van der Waals surface area contributed by atoms with Gasteiger partial charge in [0.2, 0.25) is 0 Å². The zero-order chi connectivity index (χ0) is 19.1. The standard InChI is InChI=1S/C21H17N7/c1-13-4-3-5-19(24-13)21-15(12-23-26-21)17-6-7-18-20(25-17)10-14(11-22-18)16-8-9-28(2)27-16/h3-12H,1-2H3,(H,23,26). The van der Waals surface area contributed by atoms with Crippen LogP contribution in [0.25, 0.3) is 44.9 Å². The molecule has 28 heavy (non-hydrogen) atoms. The van der Waals surface area contributed by atoms with E-state index in [0.717, 1.165) is 50.6 Å². The highest BCUT2D eigenvalue weighted by molar-refractivity contribution is 5.84. The van der Waals surface area contributed by atoms with Gasteiger partial charge < -0.3 is 0 Å². The third-order valence-electron chi connectivity index (χ3n) is 4.59. The fourth-order valence-corrected chi connectivity index (χ4v) is 3.22. The first-order valence-electron chi connectivity index (χ1n) is 8.92. The first-order chi connectivity index (χ1) is 13.7. The van der Waals surface area contributed by atoms with Crippen LogP contribution in [0.5, 0.6) is 0 Å². The van der Waals surface area contributed by atoms with Crippen molar-refractivity contribution in [2.24, 2.45) is 7.05 Å². The van der Waals surface area contributed by atoms with Crippen molar-refractivity contribution in [3.05, 3.63) is 66.7 Å². The van der Waals surface area contributed by atoms with Crippen molar-refractivity contribution in [1.82, 2.24) is 34.9 Å². The van der Waals surface area contributed by atoms with Gasteiger partial charge in [0.1, 0.15) is 5.69 Å². The first-order valence-corrected chi connectivity index (χ1v) is 8.92. The van der Waals surface area contributed by atoms with Crippen molar-refractivity contribution >= 4 is 11.0 Å². The molecule has 5 heterocycles. The molecule has 7 heteroatoms. The lowest BCUT2D eigenvalue weighted by Gasteiger charge is -2.05. The van der Waals surface area contributed by atoms with E-state index in [1.807, 2.05) is 75.0 Å². The first kappa shape index (κ1) is 16.3. The molecule has 0 saturated heterocycles. The molecule has 0 aliphatic heterocycles. The molecule has 0 bridgehead atoms. The molecule has 0 aliphatic carbocycles. The van der Waals surface area contributed by atoms with Crippen LogP contribution in [0.4, 0.5) is 0 Å². The second-order valence-electron chi connectivity index (χ2n) is 6.65. The van der Waals surface area contributed by atoms with Crippen LogP contribution < -0.4 is 0 Å². The van der Waals surface area contributed by atoms with E-state index < -0.39 is 0 Å². The minimum Gasteiger partial charge on any atom is -0.284 e. The van der Waals surface area contributed by atoms with Crippen LogP contribution in [0.2, 0.25) is 0 Å². The Balaban J connectivity index is 1.62. The van der Waals surface area contributed by atoms with Crippen LogP contribution in [0.15, 0.2) is 61.1 Å². The van der Waals surface area contributed by atoms with Crippen LogP contribution >= 0.6 is 0 Å². The van der Waals surface area contributed by atoms with Crippen molar-refractivity contribution in [3.63, 3.8) is 0 Å². The molecule has 1 N–H and O–H groups in total. The number of nitrogens with one attached hydrogen (secondary N) is 1. The average molecular weight is 367 g/mol. The molecule has 0 aromatic carbocycles. The van der Waals surface area contributed by atoms with Crippen molar-refractivity contribution in [1.29, 1.82) is 0 Å². The fraction of sp³-hybridized carbons (Fsp3) is 0.0952. The van der Waals surface area contributed by atoms with Gasteiger partial charge in [-0.2, -0.15) is 10.2 Å². The molecule has 136 valence electrons. The van der Waals surface area contributed by atoms with Crippen LogP contribution in [-0.2, 0) is 7.05 Å². The van der Waals surface area contributed by atoms with E-state index in [1.165, 1.54) is 0 Å². The van der Waals surface area contributed by atoms with E-state index in [9.17, 15) is 0 Å². The average Bonchev–Trinajstić information content (AvgIpc) is 3.36. The number of H-pyrrole nitrogens is 1. The molecule has 0 aliphatic rings. The lowest BCUT2D eigenvalue weighted by atomic mass is 10.1. The molecule has 0 amide bonds. The Morgan fingerprint density at radius 1 is 0.929 bits per heavy atom. The van der Waals surface area contributed by atoms with Crippen molar-refractivity contribution in [2.75, 3.05) is 0 Å². The summed E-state index contributed by atoms with van der Waals surface area (Å²) in [5.41, 5.74) is 7.72. The van der Waals surface area contributed by atoms with Gasteiger partial charge in [0.05, 0.1) is 28.1 Å². The van der Waals surface area contributed by atoms with E-state index in [0.29, 0.717) is 0 Å². The van der Waals surface area contributed by atoms with E-state index in [-0.39, 0.29) is 0 Å². The Kier molecular flexibility index (Phi) is 3.72.